The van der Waals surface area contributed by atoms with Gasteiger partial charge in [0.05, 0.1) is 30.9 Å². The zero-order valence-corrected chi connectivity index (χ0v) is 16.9. The number of hydrogen-bond acceptors (Lipinski definition) is 7. The van der Waals surface area contributed by atoms with Crippen LogP contribution in [0.5, 0.6) is 0 Å². The van der Waals surface area contributed by atoms with E-state index in [1.165, 1.54) is 24.3 Å². The molecule has 0 aromatic heterocycles. The summed E-state index contributed by atoms with van der Waals surface area (Å²) in [7, 11) is 2.32. The number of benzene rings is 2. The van der Waals surface area contributed by atoms with Gasteiger partial charge < -0.3 is 19.5 Å². The number of carbonyl (C=O) groups is 4. The number of anilines is 1. The van der Waals surface area contributed by atoms with Gasteiger partial charge in [-0.1, -0.05) is 0 Å². The molecule has 8 nitrogen and oxygen atoms in total. The lowest BCUT2D eigenvalue weighted by molar-refractivity contribution is -0.119. The van der Waals surface area contributed by atoms with Crippen LogP contribution in [0.1, 0.15) is 31.1 Å². The molecule has 0 fully saturated rings. The minimum absolute atomic E-state index is 0.00591. The van der Waals surface area contributed by atoms with Gasteiger partial charge in [-0.05, 0) is 52.3 Å². The highest BCUT2D eigenvalue weighted by molar-refractivity contribution is 9.10. The third-order valence-electron chi connectivity index (χ3n) is 3.54. The Kier molecular flexibility index (Phi) is 7.43. The highest BCUT2D eigenvalue weighted by Crippen LogP contribution is 2.19. The summed E-state index contributed by atoms with van der Waals surface area (Å²) in [6.45, 7) is -0.683. The first-order valence-electron chi connectivity index (χ1n) is 7.99. The number of halogens is 2. The second-order valence-electron chi connectivity index (χ2n) is 5.53. The number of amides is 1. The van der Waals surface area contributed by atoms with E-state index in [1.54, 1.807) is 0 Å². The van der Waals surface area contributed by atoms with Crippen molar-refractivity contribution in [3.8, 4) is 0 Å². The second kappa shape index (κ2) is 9.78. The number of carbonyl (C=O) groups excluding carboxylic acids is 4. The minimum atomic E-state index is -0.912. The van der Waals surface area contributed by atoms with Gasteiger partial charge >= 0.3 is 17.9 Å². The van der Waals surface area contributed by atoms with Crippen molar-refractivity contribution >= 4 is 45.4 Å². The third-order valence-corrected chi connectivity index (χ3v) is 4.23. The van der Waals surface area contributed by atoms with Crippen molar-refractivity contribution in [2.75, 3.05) is 26.1 Å². The zero-order valence-electron chi connectivity index (χ0n) is 15.3. The van der Waals surface area contributed by atoms with Gasteiger partial charge in [-0.2, -0.15) is 0 Å². The molecule has 0 saturated carbocycles. The first-order valence-corrected chi connectivity index (χ1v) is 8.78. The van der Waals surface area contributed by atoms with E-state index in [-0.39, 0.29) is 22.4 Å². The molecule has 2 rings (SSSR count). The van der Waals surface area contributed by atoms with E-state index in [4.69, 9.17) is 4.74 Å². The van der Waals surface area contributed by atoms with Gasteiger partial charge in [0.25, 0.3) is 5.91 Å². The number of rotatable bonds is 6. The van der Waals surface area contributed by atoms with Crippen LogP contribution in [-0.4, -0.2) is 44.6 Å². The molecule has 0 heterocycles. The molecular formula is C19H15BrFNO7. The smallest absolute Gasteiger partial charge is 0.339 e. The van der Waals surface area contributed by atoms with E-state index in [0.29, 0.717) is 4.47 Å². The van der Waals surface area contributed by atoms with E-state index in [0.717, 1.165) is 26.4 Å². The average Bonchev–Trinajstić information content (AvgIpc) is 2.72. The maximum atomic E-state index is 13.3. The molecule has 0 bridgehead atoms. The van der Waals surface area contributed by atoms with Gasteiger partial charge in [-0.25, -0.2) is 18.8 Å². The number of hydrogen-bond donors (Lipinski definition) is 1. The third kappa shape index (κ3) is 5.85. The predicted octanol–water partition coefficient (Wildman–Crippen LogP) is 2.96. The summed E-state index contributed by atoms with van der Waals surface area (Å²) in [5.41, 5.74) is 0.0116. The first kappa shape index (κ1) is 22.0. The Bertz CT molecular complexity index is 943. The number of ether oxygens (including phenoxy) is 3. The summed E-state index contributed by atoms with van der Waals surface area (Å²) >= 11 is 3.09. The molecule has 1 amide bonds. The van der Waals surface area contributed by atoms with Crippen LogP contribution in [0, 0.1) is 5.82 Å². The summed E-state index contributed by atoms with van der Waals surface area (Å²) in [5, 5.41) is 2.40. The molecule has 2 aromatic rings. The number of esters is 3. The summed E-state index contributed by atoms with van der Waals surface area (Å²) in [6, 6.07) is 7.25. The van der Waals surface area contributed by atoms with Gasteiger partial charge in [-0.15, -0.1) is 0 Å². The Hall–Kier alpha value is -3.27. The van der Waals surface area contributed by atoms with Crippen LogP contribution >= 0.6 is 15.9 Å². The van der Waals surface area contributed by atoms with E-state index in [1.807, 2.05) is 0 Å². The molecule has 0 aliphatic rings. The van der Waals surface area contributed by atoms with Crippen molar-refractivity contribution in [2.24, 2.45) is 0 Å². The molecule has 1 N–H and O–H groups in total. The van der Waals surface area contributed by atoms with Crippen molar-refractivity contribution in [1.82, 2.24) is 0 Å². The van der Waals surface area contributed by atoms with Crippen molar-refractivity contribution < 1.29 is 37.8 Å². The van der Waals surface area contributed by atoms with Gasteiger partial charge in [0.15, 0.2) is 6.61 Å². The van der Waals surface area contributed by atoms with E-state index in [2.05, 4.69) is 30.7 Å². The Morgan fingerprint density at radius 3 is 2.07 bits per heavy atom. The standard InChI is InChI=1S/C19H15BrFNO7/c1-27-17(24)10-5-11(18(25)28-2)7-13(6-10)22-16(23)9-29-19(26)14-8-12(21)3-4-15(14)20/h3-8H,9H2,1-2H3,(H,22,23). The van der Waals surface area contributed by atoms with Crippen LogP contribution in [-0.2, 0) is 19.0 Å². The molecule has 0 radical (unpaired) electrons. The first-order chi connectivity index (χ1) is 13.7. The fraction of sp³-hybridized carbons (Fsp3) is 0.158. The lowest BCUT2D eigenvalue weighted by atomic mass is 10.1. The summed E-state index contributed by atoms with van der Waals surface area (Å²) in [5.74, 6) is -3.75. The molecule has 0 aliphatic carbocycles. The molecule has 0 saturated heterocycles. The van der Waals surface area contributed by atoms with Gasteiger partial charge in [0.2, 0.25) is 0 Å². The van der Waals surface area contributed by atoms with E-state index < -0.39 is 36.2 Å². The Morgan fingerprint density at radius 1 is 0.931 bits per heavy atom. The monoisotopic (exact) mass is 467 g/mol. The average molecular weight is 468 g/mol. The molecule has 10 heteroatoms. The van der Waals surface area contributed by atoms with E-state index in [9.17, 15) is 23.6 Å². The Balaban J connectivity index is 2.11. The number of methoxy groups -OCH3 is 2. The lowest BCUT2D eigenvalue weighted by Gasteiger charge is -2.10. The fourth-order valence-electron chi connectivity index (χ4n) is 2.23. The fourth-order valence-corrected chi connectivity index (χ4v) is 2.64. The highest BCUT2D eigenvalue weighted by atomic mass is 79.9. The SMILES string of the molecule is COC(=O)c1cc(NC(=O)COC(=O)c2cc(F)ccc2Br)cc(C(=O)OC)c1. The molecule has 2 aromatic carbocycles. The number of nitrogens with one attached hydrogen (secondary N) is 1. The summed E-state index contributed by atoms with van der Waals surface area (Å²) in [6.07, 6.45) is 0. The minimum Gasteiger partial charge on any atom is -0.465 e. The Labute approximate surface area is 173 Å². The maximum absolute atomic E-state index is 13.3. The van der Waals surface area contributed by atoms with Gasteiger partial charge in [-0.3, -0.25) is 4.79 Å². The van der Waals surface area contributed by atoms with Crippen LogP contribution in [0.4, 0.5) is 10.1 Å². The highest BCUT2D eigenvalue weighted by Gasteiger charge is 2.17. The zero-order chi connectivity index (χ0) is 21.6. The molecular weight excluding hydrogens is 453 g/mol. The van der Waals surface area contributed by atoms with Crippen molar-refractivity contribution in [2.45, 2.75) is 0 Å². The summed E-state index contributed by atoms with van der Waals surface area (Å²) in [4.78, 5) is 47.6. The lowest BCUT2D eigenvalue weighted by Crippen LogP contribution is -2.21. The van der Waals surface area contributed by atoms with Crippen LogP contribution in [0.2, 0.25) is 0 Å². The van der Waals surface area contributed by atoms with Crippen LogP contribution < -0.4 is 5.32 Å². The van der Waals surface area contributed by atoms with Crippen LogP contribution in [0.3, 0.4) is 0 Å². The Morgan fingerprint density at radius 2 is 1.52 bits per heavy atom. The molecule has 0 atom stereocenters. The van der Waals surface area contributed by atoms with Crippen molar-refractivity contribution in [1.29, 1.82) is 0 Å². The van der Waals surface area contributed by atoms with Crippen LogP contribution in [0.15, 0.2) is 40.9 Å². The summed E-state index contributed by atoms with van der Waals surface area (Å²) < 4.78 is 27.7. The largest absolute Gasteiger partial charge is 0.465 e. The van der Waals surface area contributed by atoms with Gasteiger partial charge in [0.1, 0.15) is 5.82 Å². The normalized spacial score (nSPS) is 10.1. The molecule has 0 aliphatic heterocycles. The molecule has 0 spiro atoms. The molecule has 152 valence electrons. The molecule has 29 heavy (non-hydrogen) atoms. The van der Waals surface area contributed by atoms with Gasteiger partial charge in [0, 0.05) is 10.2 Å². The molecule has 0 unspecified atom stereocenters. The quantitative estimate of drug-likeness (QED) is 0.513. The van der Waals surface area contributed by atoms with Crippen molar-refractivity contribution in [3.05, 3.63) is 63.4 Å². The maximum Gasteiger partial charge on any atom is 0.339 e. The second-order valence-corrected chi connectivity index (χ2v) is 6.39. The van der Waals surface area contributed by atoms with Crippen molar-refractivity contribution in [3.63, 3.8) is 0 Å². The predicted molar refractivity (Wildman–Crippen MR) is 102 cm³/mol. The van der Waals surface area contributed by atoms with Crippen LogP contribution in [0.25, 0.3) is 0 Å². The topological polar surface area (TPSA) is 108 Å². The van der Waals surface area contributed by atoms with E-state index >= 15 is 0 Å².